The van der Waals surface area contributed by atoms with Crippen molar-refractivity contribution in [3.63, 3.8) is 0 Å². The molecule has 0 spiro atoms. The topological polar surface area (TPSA) is 67.2 Å². The minimum Gasteiger partial charge on any atom is -0.486 e. The van der Waals surface area contributed by atoms with E-state index in [0.717, 1.165) is 17.3 Å². The molecule has 1 aliphatic heterocycles. The van der Waals surface area contributed by atoms with Gasteiger partial charge in [0.25, 0.3) is 0 Å². The molecular weight excluding hydrogens is 290 g/mol. The van der Waals surface area contributed by atoms with Crippen LogP contribution in [0.15, 0.2) is 36.5 Å². The Morgan fingerprint density at radius 3 is 2.65 bits per heavy atom. The zero-order valence-electron chi connectivity index (χ0n) is 12.7. The van der Waals surface area contributed by atoms with Gasteiger partial charge in [-0.2, -0.15) is 5.26 Å². The van der Waals surface area contributed by atoms with E-state index in [2.05, 4.69) is 28.5 Å². The molecule has 116 valence electrons. The van der Waals surface area contributed by atoms with E-state index in [1.54, 1.807) is 12.3 Å². The van der Waals surface area contributed by atoms with Crippen LogP contribution in [0.5, 0.6) is 11.5 Å². The second-order valence-corrected chi connectivity index (χ2v) is 5.91. The highest BCUT2D eigenvalue weighted by atomic mass is 16.6. The molecule has 1 unspecified atom stereocenters. The van der Waals surface area contributed by atoms with Crippen LogP contribution in [-0.2, 0) is 0 Å². The van der Waals surface area contributed by atoms with Gasteiger partial charge in [0.1, 0.15) is 25.1 Å². The van der Waals surface area contributed by atoms with E-state index in [9.17, 15) is 0 Å². The minimum atomic E-state index is 0.200. The molecule has 5 nitrogen and oxygen atoms in total. The number of anilines is 1. The van der Waals surface area contributed by atoms with Crippen molar-refractivity contribution < 1.29 is 9.47 Å². The number of nitrogens with one attached hydrogen (secondary N) is 1. The molecule has 2 heterocycles. The van der Waals surface area contributed by atoms with Crippen LogP contribution in [0, 0.1) is 17.2 Å². The number of nitrogens with zero attached hydrogens (tertiary/aromatic N) is 2. The van der Waals surface area contributed by atoms with Gasteiger partial charge in [-0.25, -0.2) is 4.98 Å². The number of aromatic nitrogens is 1. The van der Waals surface area contributed by atoms with Gasteiger partial charge in [-0.05, 0) is 48.6 Å². The smallest absolute Gasteiger partial charge is 0.161 e. The summed E-state index contributed by atoms with van der Waals surface area (Å²) in [5.41, 5.74) is 1.75. The average molecular weight is 307 g/mol. The van der Waals surface area contributed by atoms with Crippen molar-refractivity contribution in [3.8, 4) is 17.6 Å². The minimum absolute atomic E-state index is 0.200. The SMILES string of the molecule is N#Cc1ccc(NC(c2ccc3c(c2)OCCO3)C2CC2)nc1. The van der Waals surface area contributed by atoms with Gasteiger partial charge in [-0.15, -0.1) is 0 Å². The van der Waals surface area contributed by atoms with Crippen molar-refractivity contribution in [1.82, 2.24) is 4.98 Å². The Hall–Kier alpha value is -2.74. The van der Waals surface area contributed by atoms with E-state index < -0.39 is 0 Å². The second-order valence-electron chi connectivity index (χ2n) is 5.91. The molecule has 1 aromatic heterocycles. The van der Waals surface area contributed by atoms with Gasteiger partial charge in [0, 0.05) is 6.20 Å². The number of ether oxygens (including phenoxy) is 2. The van der Waals surface area contributed by atoms with Crippen molar-refractivity contribution >= 4 is 5.82 Å². The van der Waals surface area contributed by atoms with Crippen LogP contribution in [0.1, 0.15) is 30.0 Å². The maximum absolute atomic E-state index is 8.86. The molecule has 1 fully saturated rings. The third-order valence-electron chi connectivity index (χ3n) is 4.21. The predicted molar refractivity (Wildman–Crippen MR) is 85.5 cm³/mol. The summed E-state index contributed by atoms with van der Waals surface area (Å²) in [6, 6.07) is 12.1. The summed E-state index contributed by atoms with van der Waals surface area (Å²) in [5.74, 6) is 3.02. The molecule has 0 radical (unpaired) electrons. The third-order valence-corrected chi connectivity index (χ3v) is 4.21. The zero-order chi connectivity index (χ0) is 15.6. The van der Waals surface area contributed by atoms with E-state index in [4.69, 9.17) is 14.7 Å². The van der Waals surface area contributed by atoms with Gasteiger partial charge in [0.05, 0.1) is 11.6 Å². The molecule has 2 aliphatic rings. The number of benzene rings is 1. The van der Waals surface area contributed by atoms with Gasteiger partial charge in [-0.1, -0.05) is 6.07 Å². The van der Waals surface area contributed by atoms with E-state index in [1.807, 2.05) is 12.1 Å². The summed E-state index contributed by atoms with van der Waals surface area (Å²) in [5, 5.41) is 12.4. The van der Waals surface area contributed by atoms with Gasteiger partial charge >= 0.3 is 0 Å². The molecule has 1 saturated carbocycles. The van der Waals surface area contributed by atoms with Gasteiger partial charge in [0.15, 0.2) is 11.5 Å². The monoisotopic (exact) mass is 307 g/mol. The van der Waals surface area contributed by atoms with Crippen LogP contribution in [0.3, 0.4) is 0 Å². The Morgan fingerprint density at radius 1 is 1.13 bits per heavy atom. The van der Waals surface area contributed by atoms with Crippen LogP contribution in [0.2, 0.25) is 0 Å². The number of rotatable bonds is 4. The number of hydrogen-bond donors (Lipinski definition) is 1. The number of fused-ring (bicyclic) bond motifs is 1. The normalized spacial score (nSPS) is 17.2. The highest BCUT2D eigenvalue weighted by Gasteiger charge is 2.33. The lowest BCUT2D eigenvalue weighted by molar-refractivity contribution is 0.171. The van der Waals surface area contributed by atoms with E-state index in [0.29, 0.717) is 24.7 Å². The second kappa shape index (κ2) is 5.81. The molecule has 0 amide bonds. The zero-order valence-corrected chi connectivity index (χ0v) is 12.7. The van der Waals surface area contributed by atoms with Crippen molar-refractivity contribution in [2.75, 3.05) is 18.5 Å². The van der Waals surface area contributed by atoms with Crippen LogP contribution in [0.4, 0.5) is 5.82 Å². The fraction of sp³-hybridized carbons (Fsp3) is 0.333. The van der Waals surface area contributed by atoms with Crippen LogP contribution in [-0.4, -0.2) is 18.2 Å². The maximum Gasteiger partial charge on any atom is 0.161 e. The Bertz CT molecular complexity index is 748. The first kappa shape index (κ1) is 13.9. The van der Waals surface area contributed by atoms with Gasteiger partial charge in [-0.3, -0.25) is 0 Å². The molecule has 1 aromatic carbocycles. The Labute approximate surface area is 134 Å². The number of hydrogen-bond acceptors (Lipinski definition) is 5. The first-order chi connectivity index (χ1) is 11.3. The predicted octanol–water partition coefficient (Wildman–Crippen LogP) is 3.29. The largest absolute Gasteiger partial charge is 0.486 e. The fourth-order valence-electron chi connectivity index (χ4n) is 2.86. The van der Waals surface area contributed by atoms with Crippen LogP contribution >= 0.6 is 0 Å². The van der Waals surface area contributed by atoms with Crippen molar-refractivity contribution in [1.29, 1.82) is 5.26 Å². The van der Waals surface area contributed by atoms with Crippen LogP contribution in [0.25, 0.3) is 0 Å². The van der Waals surface area contributed by atoms with E-state index in [-0.39, 0.29) is 6.04 Å². The molecule has 1 N–H and O–H groups in total. The Kier molecular flexibility index (Phi) is 3.51. The molecule has 23 heavy (non-hydrogen) atoms. The summed E-state index contributed by atoms with van der Waals surface area (Å²) >= 11 is 0. The summed E-state index contributed by atoms with van der Waals surface area (Å²) in [4.78, 5) is 4.32. The Morgan fingerprint density at radius 2 is 1.96 bits per heavy atom. The van der Waals surface area contributed by atoms with Crippen LogP contribution < -0.4 is 14.8 Å². The lowest BCUT2D eigenvalue weighted by Crippen LogP contribution is -2.17. The number of pyridine rings is 1. The van der Waals surface area contributed by atoms with E-state index >= 15 is 0 Å². The fourth-order valence-corrected chi connectivity index (χ4v) is 2.86. The summed E-state index contributed by atoms with van der Waals surface area (Å²) in [7, 11) is 0. The molecular formula is C18H17N3O2. The molecule has 1 atom stereocenters. The quantitative estimate of drug-likeness (QED) is 0.939. The Balaban J connectivity index is 1.59. The lowest BCUT2D eigenvalue weighted by atomic mass is 10.0. The molecule has 2 aromatic rings. The first-order valence-electron chi connectivity index (χ1n) is 7.86. The summed E-state index contributed by atoms with van der Waals surface area (Å²) in [6.45, 7) is 1.20. The molecule has 5 heteroatoms. The lowest BCUT2D eigenvalue weighted by Gasteiger charge is -2.23. The molecule has 4 rings (SSSR count). The maximum atomic E-state index is 8.86. The molecule has 0 bridgehead atoms. The van der Waals surface area contributed by atoms with Gasteiger partial charge < -0.3 is 14.8 Å². The molecule has 1 aliphatic carbocycles. The summed E-state index contributed by atoms with van der Waals surface area (Å²) in [6.07, 6.45) is 4.01. The standard InChI is InChI=1S/C18H17N3O2/c19-10-12-1-6-17(20-11-12)21-18(13-2-3-13)14-4-5-15-16(9-14)23-8-7-22-15/h1,4-6,9,11,13,18H,2-3,7-8H2,(H,20,21). The highest BCUT2D eigenvalue weighted by Crippen LogP contribution is 2.44. The van der Waals surface area contributed by atoms with Crippen molar-refractivity contribution in [3.05, 3.63) is 47.7 Å². The third kappa shape index (κ3) is 2.93. The molecule has 0 saturated heterocycles. The average Bonchev–Trinajstić information content (AvgIpc) is 3.45. The van der Waals surface area contributed by atoms with Crippen molar-refractivity contribution in [2.24, 2.45) is 5.92 Å². The first-order valence-corrected chi connectivity index (χ1v) is 7.86. The van der Waals surface area contributed by atoms with Crippen molar-refractivity contribution in [2.45, 2.75) is 18.9 Å². The van der Waals surface area contributed by atoms with E-state index in [1.165, 1.54) is 18.4 Å². The summed E-state index contributed by atoms with van der Waals surface area (Å²) < 4.78 is 11.3. The van der Waals surface area contributed by atoms with Gasteiger partial charge in [0.2, 0.25) is 0 Å². The number of nitriles is 1. The highest BCUT2D eigenvalue weighted by molar-refractivity contribution is 5.48.